The van der Waals surface area contributed by atoms with Crippen LogP contribution in [0, 0.1) is 17.1 Å². The lowest BCUT2D eigenvalue weighted by Crippen LogP contribution is -2.34. The smallest absolute Gasteiger partial charge is 0.256 e. The number of hydrogen-bond donors (Lipinski definition) is 0. The van der Waals surface area contributed by atoms with Crippen molar-refractivity contribution < 1.29 is 9.18 Å². The number of nitrogens with zero attached hydrogens (tertiary/aromatic N) is 3. The molecular weight excluding hydrogens is 197 g/mol. The summed E-state index contributed by atoms with van der Waals surface area (Å²) < 4.78 is 12.8. The number of aromatic nitrogens is 1. The SMILES string of the molecule is CC(C#N)N(C)C(=O)c1cncc(F)c1. The maximum absolute atomic E-state index is 12.8. The van der Waals surface area contributed by atoms with Crippen LogP contribution in [0.15, 0.2) is 18.5 Å². The summed E-state index contributed by atoms with van der Waals surface area (Å²) in [6, 6.07) is 2.46. The Morgan fingerprint density at radius 3 is 2.87 bits per heavy atom. The number of halogens is 1. The average molecular weight is 207 g/mol. The van der Waals surface area contributed by atoms with E-state index in [1.165, 1.54) is 18.1 Å². The maximum Gasteiger partial charge on any atom is 0.256 e. The minimum absolute atomic E-state index is 0.139. The summed E-state index contributed by atoms with van der Waals surface area (Å²) in [6.07, 6.45) is 2.29. The molecule has 0 spiro atoms. The van der Waals surface area contributed by atoms with E-state index in [1.54, 1.807) is 6.92 Å². The highest BCUT2D eigenvalue weighted by atomic mass is 19.1. The molecule has 1 heterocycles. The second-order valence-electron chi connectivity index (χ2n) is 3.11. The van der Waals surface area contributed by atoms with Gasteiger partial charge in [0.25, 0.3) is 5.91 Å². The molecule has 0 radical (unpaired) electrons. The predicted molar refractivity (Wildman–Crippen MR) is 51.4 cm³/mol. The molecule has 1 rings (SSSR count). The van der Waals surface area contributed by atoms with Crippen LogP contribution < -0.4 is 0 Å². The van der Waals surface area contributed by atoms with Crippen molar-refractivity contribution >= 4 is 5.91 Å². The second kappa shape index (κ2) is 4.51. The van der Waals surface area contributed by atoms with E-state index < -0.39 is 17.8 Å². The van der Waals surface area contributed by atoms with Gasteiger partial charge < -0.3 is 4.90 Å². The topological polar surface area (TPSA) is 57.0 Å². The molecular formula is C10H10FN3O. The van der Waals surface area contributed by atoms with Crippen LogP contribution in [-0.4, -0.2) is 28.9 Å². The highest BCUT2D eigenvalue weighted by Crippen LogP contribution is 2.06. The van der Waals surface area contributed by atoms with Gasteiger partial charge in [0.15, 0.2) is 0 Å². The molecule has 1 unspecified atom stereocenters. The number of rotatable bonds is 2. The Hall–Kier alpha value is -1.96. The van der Waals surface area contributed by atoms with Crippen molar-refractivity contribution in [1.29, 1.82) is 5.26 Å². The van der Waals surface area contributed by atoms with Gasteiger partial charge in [-0.1, -0.05) is 0 Å². The van der Waals surface area contributed by atoms with Gasteiger partial charge in [0.1, 0.15) is 11.9 Å². The van der Waals surface area contributed by atoms with Gasteiger partial charge in [-0.2, -0.15) is 5.26 Å². The van der Waals surface area contributed by atoms with Crippen molar-refractivity contribution in [3.05, 3.63) is 29.8 Å². The van der Waals surface area contributed by atoms with E-state index in [1.807, 2.05) is 6.07 Å². The number of carbonyl (C=O) groups is 1. The molecule has 0 fully saturated rings. The third-order valence-corrected chi connectivity index (χ3v) is 2.04. The van der Waals surface area contributed by atoms with Crippen molar-refractivity contribution in [2.24, 2.45) is 0 Å². The first-order valence-electron chi connectivity index (χ1n) is 4.33. The first-order valence-corrected chi connectivity index (χ1v) is 4.33. The minimum Gasteiger partial charge on any atom is -0.326 e. The highest BCUT2D eigenvalue weighted by molar-refractivity contribution is 5.94. The van der Waals surface area contributed by atoms with E-state index >= 15 is 0 Å². The number of hydrogen-bond acceptors (Lipinski definition) is 3. The molecule has 4 nitrogen and oxygen atoms in total. The molecule has 1 atom stereocenters. The summed E-state index contributed by atoms with van der Waals surface area (Å²) in [5.41, 5.74) is 0.139. The average Bonchev–Trinajstić information content (AvgIpc) is 2.26. The Bertz CT molecular complexity index is 413. The van der Waals surface area contributed by atoms with E-state index in [0.29, 0.717) is 0 Å². The van der Waals surface area contributed by atoms with E-state index in [2.05, 4.69) is 4.98 Å². The van der Waals surface area contributed by atoms with Gasteiger partial charge in [-0.3, -0.25) is 9.78 Å². The van der Waals surface area contributed by atoms with Gasteiger partial charge in [-0.05, 0) is 13.0 Å². The van der Waals surface area contributed by atoms with Crippen LogP contribution in [0.2, 0.25) is 0 Å². The lowest BCUT2D eigenvalue weighted by molar-refractivity contribution is 0.0772. The number of carbonyl (C=O) groups excluding carboxylic acids is 1. The Morgan fingerprint density at radius 2 is 2.33 bits per heavy atom. The fourth-order valence-corrected chi connectivity index (χ4v) is 0.995. The zero-order valence-electron chi connectivity index (χ0n) is 8.44. The quantitative estimate of drug-likeness (QED) is 0.732. The van der Waals surface area contributed by atoms with Gasteiger partial charge >= 0.3 is 0 Å². The molecule has 0 aromatic carbocycles. The van der Waals surface area contributed by atoms with Crippen molar-refractivity contribution in [3.8, 4) is 6.07 Å². The van der Waals surface area contributed by atoms with Crippen molar-refractivity contribution in [2.45, 2.75) is 13.0 Å². The van der Waals surface area contributed by atoms with Crippen molar-refractivity contribution in [3.63, 3.8) is 0 Å². The van der Waals surface area contributed by atoms with E-state index in [4.69, 9.17) is 5.26 Å². The van der Waals surface area contributed by atoms with Crippen LogP contribution in [-0.2, 0) is 0 Å². The molecule has 0 bridgehead atoms. The van der Waals surface area contributed by atoms with Crippen LogP contribution in [0.1, 0.15) is 17.3 Å². The molecule has 0 aliphatic heterocycles. The lowest BCUT2D eigenvalue weighted by atomic mass is 10.2. The number of pyridine rings is 1. The standard InChI is InChI=1S/C10H10FN3O/c1-7(4-12)14(2)10(15)8-3-9(11)6-13-5-8/h3,5-7H,1-2H3. The number of nitriles is 1. The highest BCUT2D eigenvalue weighted by Gasteiger charge is 2.17. The molecule has 1 aromatic heterocycles. The minimum atomic E-state index is -0.570. The van der Waals surface area contributed by atoms with Gasteiger partial charge in [0.05, 0.1) is 17.8 Å². The fraction of sp³-hybridized carbons (Fsp3) is 0.300. The largest absolute Gasteiger partial charge is 0.326 e. The molecule has 1 aromatic rings. The molecule has 15 heavy (non-hydrogen) atoms. The van der Waals surface area contributed by atoms with Crippen LogP contribution in [0.3, 0.4) is 0 Å². The van der Waals surface area contributed by atoms with Gasteiger partial charge in [0, 0.05) is 13.2 Å². The van der Waals surface area contributed by atoms with Crippen molar-refractivity contribution in [1.82, 2.24) is 9.88 Å². The molecule has 0 aliphatic carbocycles. The fourth-order valence-electron chi connectivity index (χ4n) is 0.995. The zero-order valence-corrected chi connectivity index (χ0v) is 8.44. The summed E-state index contributed by atoms with van der Waals surface area (Å²) >= 11 is 0. The zero-order chi connectivity index (χ0) is 11.4. The Kier molecular flexibility index (Phi) is 3.34. The van der Waals surface area contributed by atoms with E-state index in [0.717, 1.165) is 12.3 Å². The van der Waals surface area contributed by atoms with Crippen LogP contribution in [0.25, 0.3) is 0 Å². The molecule has 0 N–H and O–H groups in total. The molecule has 0 saturated carbocycles. The monoisotopic (exact) mass is 207 g/mol. The van der Waals surface area contributed by atoms with Gasteiger partial charge in [0.2, 0.25) is 0 Å². The number of amides is 1. The summed E-state index contributed by atoms with van der Waals surface area (Å²) in [5.74, 6) is -0.991. The van der Waals surface area contributed by atoms with E-state index in [-0.39, 0.29) is 5.56 Å². The van der Waals surface area contributed by atoms with Gasteiger partial charge in [-0.15, -0.1) is 0 Å². The Morgan fingerprint density at radius 1 is 1.67 bits per heavy atom. The van der Waals surface area contributed by atoms with Gasteiger partial charge in [-0.25, -0.2) is 4.39 Å². The second-order valence-corrected chi connectivity index (χ2v) is 3.11. The van der Waals surface area contributed by atoms with Crippen molar-refractivity contribution in [2.75, 3.05) is 7.05 Å². The molecule has 1 amide bonds. The first-order chi connectivity index (χ1) is 7.06. The molecule has 0 aliphatic rings. The van der Waals surface area contributed by atoms with Crippen LogP contribution in [0.5, 0.6) is 0 Å². The van der Waals surface area contributed by atoms with Crippen LogP contribution >= 0.6 is 0 Å². The Balaban J connectivity index is 2.91. The predicted octanol–water partition coefficient (Wildman–Crippen LogP) is 1.20. The summed E-state index contributed by atoms with van der Waals surface area (Å²) in [5, 5.41) is 8.62. The molecule has 0 saturated heterocycles. The molecule has 78 valence electrons. The summed E-state index contributed by atoms with van der Waals surface area (Å²) in [7, 11) is 1.49. The maximum atomic E-state index is 12.8. The van der Waals surface area contributed by atoms with E-state index in [9.17, 15) is 9.18 Å². The third kappa shape index (κ3) is 2.50. The normalized spacial score (nSPS) is 11.6. The Labute approximate surface area is 87.0 Å². The first kappa shape index (κ1) is 11.1. The third-order valence-electron chi connectivity index (χ3n) is 2.04. The summed E-state index contributed by atoms with van der Waals surface area (Å²) in [4.78, 5) is 16.5. The summed E-state index contributed by atoms with van der Waals surface area (Å²) in [6.45, 7) is 1.59. The molecule has 5 heteroatoms. The van der Waals surface area contributed by atoms with Crippen LogP contribution in [0.4, 0.5) is 4.39 Å². The lowest BCUT2D eigenvalue weighted by Gasteiger charge is -2.18.